The molecule has 1 amide bonds. The number of hydrogen-bond donors (Lipinski definition) is 0. The summed E-state index contributed by atoms with van der Waals surface area (Å²) in [4.78, 5) is 24.7. The van der Waals surface area contributed by atoms with Gasteiger partial charge in [0.1, 0.15) is 6.29 Å². The van der Waals surface area contributed by atoms with Gasteiger partial charge in [0.05, 0.1) is 29.8 Å². The van der Waals surface area contributed by atoms with Crippen molar-refractivity contribution in [3.8, 4) is 0 Å². The predicted molar refractivity (Wildman–Crippen MR) is 73.8 cm³/mol. The summed E-state index contributed by atoms with van der Waals surface area (Å²) in [7, 11) is 0. The summed E-state index contributed by atoms with van der Waals surface area (Å²) in [6.45, 7) is 3.55. The highest BCUT2D eigenvalue weighted by atomic mass is 19.4. The molecule has 22 heavy (non-hydrogen) atoms. The van der Waals surface area contributed by atoms with Crippen LogP contribution < -0.4 is 4.90 Å². The SMILES string of the molecule is CCOC(=O)N1c2ccc(C(F)(F)F)cc2C(C=O)C1CC. The third-order valence-electron chi connectivity index (χ3n) is 3.75. The third-order valence-corrected chi connectivity index (χ3v) is 3.75. The minimum absolute atomic E-state index is 0.146. The van der Waals surface area contributed by atoms with E-state index in [1.165, 1.54) is 11.0 Å². The Morgan fingerprint density at radius 3 is 2.55 bits per heavy atom. The molecule has 0 aliphatic carbocycles. The number of carbonyl (C=O) groups is 2. The summed E-state index contributed by atoms with van der Waals surface area (Å²) in [5.74, 6) is -0.785. The lowest BCUT2D eigenvalue weighted by Crippen LogP contribution is -2.39. The number of halogens is 3. The molecule has 1 aromatic carbocycles. The Hall–Kier alpha value is -2.05. The Bertz CT molecular complexity index is 586. The van der Waals surface area contributed by atoms with Crippen LogP contribution in [0.25, 0.3) is 0 Å². The van der Waals surface area contributed by atoms with Gasteiger partial charge in [-0.05, 0) is 37.1 Å². The highest BCUT2D eigenvalue weighted by Crippen LogP contribution is 2.44. The molecule has 1 aliphatic heterocycles. The number of alkyl halides is 3. The van der Waals surface area contributed by atoms with E-state index < -0.39 is 29.8 Å². The Morgan fingerprint density at radius 1 is 1.36 bits per heavy atom. The molecule has 1 aromatic rings. The minimum atomic E-state index is -4.50. The van der Waals surface area contributed by atoms with Crippen molar-refractivity contribution in [2.24, 2.45) is 0 Å². The number of hydrogen-bond acceptors (Lipinski definition) is 3. The number of nitrogens with zero attached hydrogens (tertiary/aromatic N) is 1. The Kier molecular flexibility index (Phi) is 4.44. The van der Waals surface area contributed by atoms with Gasteiger partial charge in [-0.2, -0.15) is 13.2 Å². The number of ether oxygens (including phenoxy) is 1. The van der Waals surface area contributed by atoms with Crippen LogP contribution >= 0.6 is 0 Å². The second kappa shape index (κ2) is 5.98. The van der Waals surface area contributed by atoms with E-state index in [9.17, 15) is 22.8 Å². The first-order chi connectivity index (χ1) is 10.3. The quantitative estimate of drug-likeness (QED) is 0.798. The molecule has 0 bridgehead atoms. The van der Waals surface area contributed by atoms with Gasteiger partial charge in [0.15, 0.2) is 0 Å². The molecule has 0 fully saturated rings. The highest BCUT2D eigenvalue weighted by Gasteiger charge is 2.43. The van der Waals surface area contributed by atoms with Crippen molar-refractivity contribution < 1.29 is 27.5 Å². The molecule has 0 saturated heterocycles. The van der Waals surface area contributed by atoms with E-state index in [-0.39, 0.29) is 12.2 Å². The average Bonchev–Trinajstić information content (AvgIpc) is 2.78. The largest absolute Gasteiger partial charge is 0.449 e. The summed E-state index contributed by atoms with van der Waals surface area (Å²) in [5, 5.41) is 0. The maximum atomic E-state index is 12.8. The van der Waals surface area contributed by atoms with Crippen LogP contribution in [0.1, 0.15) is 37.3 Å². The monoisotopic (exact) mass is 315 g/mol. The lowest BCUT2D eigenvalue weighted by Gasteiger charge is -2.25. The number of benzene rings is 1. The number of carbonyl (C=O) groups excluding carboxylic acids is 2. The lowest BCUT2D eigenvalue weighted by atomic mass is 9.94. The number of aldehydes is 1. The highest BCUT2D eigenvalue weighted by molar-refractivity contribution is 5.94. The van der Waals surface area contributed by atoms with Gasteiger partial charge in [0.2, 0.25) is 0 Å². The van der Waals surface area contributed by atoms with Gasteiger partial charge in [0.25, 0.3) is 0 Å². The van der Waals surface area contributed by atoms with Gasteiger partial charge in [-0.3, -0.25) is 4.90 Å². The molecular weight excluding hydrogens is 299 g/mol. The van der Waals surface area contributed by atoms with Crippen LogP contribution in [0.3, 0.4) is 0 Å². The molecule has 0 aromatic heterocycles. The molecule has 0 radical (unpaired) electrons. The fourth-order valence-electron chi connectivity index (χ4n) is 2.79. The van der Waals surface area contributed by atoms with E-state index in [1.54, 1.807) is 13.8 Å². The summed E-state index contributed by atoms with van der Waals surface area (Å²) < 4.78 is 43.5. The van der Waals surface area contributed by atoms with E-state index >= 15 is 0 Å². The van der Waals surface area contributed by atoms with Crippen LogP contribution in [0.4, 0.5) is 23.7 Å². The van der Waals surface area contributed by atoms with Crippen molar-refractivity contribution in [3.05, 3.63) is 29.3 Å². The van der Waals surface area contributed by atoms with Crippen molar-refractivity contribution in [3.63, 3.8) is 0 Å². The summed E-state index contributed by atoms with van der Waals surface area (Å²) in [6, 6.07) is 2.54. The summed E-state index contributed by atoms with van der Waals surface area (Å²) >= 11 is 0. The van der Waals surface area contributed by atoms with Crippen LogP contribution in [-0.4, -0.2) is 25.0 Å². The van der Waals surface area contributed by atoms with E-state index in [0.29, 0.717) is 18.4 Å². The summed E-state index contributed by atoms with van der Waals surface area (Å²) in [6.07, 6.45) is -4.13. The molecule has 0 saturated carbocycles. The summed E-state index contributed by atoms with van der Waals surface area (Å²) in [5.41, 5.74) is -0.321. The minimum Gasteiger partial charge on any atom is -0.449 e. The fourth-order valence-corrected chi connectivity index (χ4v) is 2.79. The molecule has 2 unspecified atom stereocenters. The number of rotatable bonds is 3. The molecule has 0 N–H and O–H groups in total. The van der Waals surface area contributed by atoms with Gasteiger partial charge < -0.3 is 9.53 Å². The molecule has 120 valence electrons. The van der Waals surface area contributed by atoms with Gasteiger partial charge in [-0.25, -0.2) is 4.79 Å². The van der Waals surface area contributed by atoms with Crippen LogP contribution in [-0.2, 0) is 15.7 Å². The zero-order valence-corrected chi connectivity index (χ0v) is 12.2. The first-order valence-electron chi connectivity index (χ1n) is 6.97. The van der Waals surface area contributed by atoms with Gasteiger partial charge in [-0.15, -0.1) is 0 Å². The Labute approximate surface area is 125 Å². The van der Waals surface area contributed by atoms with Crippen LogP contribution in [0.15, 0.2) is 18.2 Å². The zero-order valence-electron chi connectivity index (χ0n) is 12.2. The Morgan fingerprint density at radius 2 is 2.05 bits per heavy atom. The molecule has 4 nitrogen and oxygen atoms in total. The third kappa shape index (κ3) is 2.67. The molecule has 1 aliphatic rings. The molecule has 0 spiro atoms. The van der Waals surface area contributed by atoms with Gasteiger partial charge in [0, 0.05) is 0 Å². The van der Waals surface area contributed by atoms with Crippen LogP contribution in [0, 0.1) is 0 Å². The average molecular weight is 315 g/mol. The van der Waals surface area contributed by atoms with Crippen molar-refractivity contribution in [2.75, 3.05) is 11.5 Å². The number of amides is 1. The van der Waals surface area contributed by atoms with Crippen molar-refractivity contribution in [1.82, 2.24) is 0 Å². The molecule has 2 atom stereocenters. The van der Waals surface area contributed by atoms with Gasteiger partial charge >= 0.3 is 12.3 Å². The molecule has 1 heterocycles. The van der Waals surface area contributed by atoms with E-state index in [1.807, 2.05) is 0 Å². The van der Waals surface area contributed by atoms with E-state index in [4.69, 9.17) is 4.74 Å². The number of fused-ring (bicyclic) bond motifs is 1. The first-order valence-corrected chi connectivity index (χ1v) is 6.97. The van der Waals surface area contributed by atoms with Crippen molar-refractivity contribution in [2.45, 2.75) is 38.4 Å². The second-order valence-corrected chi connectivity index (χ2v) is 4.98. The standard InChI is InChI=1S/C15H16F3NO3/c1-3-12-11(8-20)10-7-9(15(16,17)18)5-6-13(10)19(12)14(21)22-4-2/h5-8,11-12H,3-4H2,1-2H3. The predicted octanol–water partition coefficient (Wildman–Crippen LogP) is 3.74. The lowest BCUT2D eigenvalue weighted by molar-refractivity contribution is -0.137. The first kappa shape index (κ1) is 16.3. The van der Waals surface area contributed by atoms with Crippen LogP contribution in [0.5, 0.6) is 0 Å². The molecular formula is C15H16F3NO3. The van der Waals surface area contributed by atoms with Crippen LogP contribution in [0.2, 0.25) is 0 Å². The van der Waals surface area contributed by atoms with Crippen molar-refractivity contribution in [1.29, 1.82) is 0 Å². The van der Waals surface area contributed by atoms with E-state index in [0.717, 1.165) is 12.1 Å². The smallest absolute Gasteiger partial charge is 0.416 e. The number of anilines is 1. The van der Waals surface area contributed by atoms with E-state index in [2.05, 4.69) is 0 Å². The second-order valence-electron chi connectivity index (χ2n) is 4.98. The molecule has 2 rings (SSSR count). The zero-order chi connectivity index (χ0) is 16.5. The fraction of sp³-hybridized carbons (Fsp3) is 0.467. The topological polar surface area (TPSA) is 46.6 Å². The normalized spacial score (nSPS) is 20.7. The maximum Gasteiger partial charge on any atom is 0.416 e. The Balaban J connectivity index is 2.54. The molecule has 7 heteroatoms. The maximum absolute atomic E-state index is 12.8. The van der Waals surface area contributed by atoms with Crippen molar-refractivity contribution >= 4 is 18.1 Å². The van der Waals surface area contributed by atoms with Gasteiger partial charge in [-0.1, -0.05) is 6.92 Å².